The lowest BCUT2D eigenvalue weighted by molar-refractivity contribution is -0.491. The molecule has 18 nitrogen and oxygen atoms in total. The molecule has 0 aliphatic rings. The molecule has 0 aliphatic carbocycles. The van der Waals surface area contributed by atoms with Crippen LogP contribution in [0.3, 0.4) is 0 Å². The summed E-state index contributed by atoms with van der Waals surface area (Å²) in [6.07, 6.45) is 0. The summed E-state index contributed by atoms with van der Waals surface area (Å²) in [6.45, 7) is 0. The summed E-state index contributed by atoms with van der Waals surface area (Å²) in [4.78, 5) is 21.6. The number of hydrogen-bond donors (Lipinski definition) is 2. The Kier molecular flexibility index (Phi) is 3.27. The molecule has 20 heavy (non-hydrogen) atoms. The minimum Gasteiger partial charge on any atom is -0.233 e. The van der Waals surface area contributed by atoms with Gasteiger partial charge in [0.05, 0.1) is 0 Å². The maximum absolute atomic E-state index is 10.2. The first-order chi connectivity index (χ1) is 9.56. The van der Waals surface area contributed by atoms with E-state index < -0.39 is 21.3 Å². The highest BCUT2D eigenvalue weighted by atomic mass is 16.7. The molecule has 0 aromatic carbocycles. The monoisotopic (exact) mass is 286 g/mol. The van der Waals surface area contributed by atoms with E-state index in [2.05, 4.69) is 51.7 Å². The van der Waals surface area contributed by atoms with Gasteiger partial charge >= 0.3 is 11.2 Å². The summed E-state index contributed by atoms with van der Waals surface area (Å²) < 4.78 is 0. The number of rotatable bonds is 4. The third kappa shape index (κ3) is 2.88. The Labute approximate surface area is 104 Å². The minimum absolute atomic E-state index is 0.514. The third-order valence-corrected chi connectivity index (χ3v) is 1.50. The molecule has 2 rings (SSSR count). The summed E-state index contributed by atoms with van der Waals surface area (Å²) in [5.41, 5.74) is -1.03. The highest BCUT2D eigenvalue weighted by Crippen LogP contribution is 1.76. The van der Waals surface area contributed by atoms with E-state index in [0.29, 0.717) is 9.58 Å². The van der Waals surface area contributed by atoms with Crippen LogP contribution >= 0.6 is 0 Å². The van der Waals surface area contributed by atoms with Crippen molar-refractivity contribution >= 4 is 0 Å². The highest BCUT2D eigenvalue weighted by Gasteiger charge is 2.03. The molecule has 0 saturated carbocycles. The number of nitrogens with zero attached hydrogens (tertiary/aromatic N) is 12. The van der Waals surface area contributed by atoms with Crippen molar-refractivity contribution in [3.05, 3.63) is 31.5 Å². The van der Waals surface area contributed by atoms with Gasteiger partial charge in [0.2, 0.25) is 0 Å². The fraction of sp³-hybridized carbons (Fsp3) is 0. The predicted molar refractivity (Wildman–Crippen MR) is 49.5 cm³/mol. The second-order valence-electron chi connectivity index (χ2n) is 2.68. The van der Waals surface area contributed by atoms with E-state index in [-0.39, 0.29) is 0 Å². The van der Waals surface area contributed by atoms with E-state index in [4.69, 9.17) is 0 Å². The number of aromatic amines is 2. The molecule has 0 radical (unpaired) electrons. The van der Waals surface area contributed by atoms with E-state index in [0.717, 1.165) is 0 Å². The van der Waals surface area contributed by atoms with Crippen molar-refractivity contribution in [3.63, 3.8) is 0 Å². The van der Waals surface area contributed by atoms with Gasteiger partial charge in [0.15, 0.2) is 10.1 Å². The molecule has 0 aliphatic heterocycles. The zero-order valence-corrected chi connectivity index (χ0v) is 9.00. The largest absolute Gasteiger partial charge is 0.360 e. The average Bonchev–Trinajstić information content (AvgIpc) is 2.95. The van der Waals surface area contributed by atoms with Crippen molar-refractivity contribution in [1.82, 2.24) is 40.6 Å². The van der Waals surface area contributed by atoms with Gasteiger partial charge in [0, 0.05) is 0 Å². The number of aromatic nitrogens is 8. The number of tetrazole rings is 2. The van der Waals surface area contributed by atoms with E-state index in [1.807, 2.05) is 0 Å². The minimum atomic E-state index is -1.03. The van der Waals surface area contributed by atoms with Crippen LogP contribution in [0.25, 0.3) is 0 Å². The van der Waals surface area contributed by atoms with E-state index in [1.165, 1.54) is 0 Å². The summed E-state index contributed by atoms with van der Waals surface area (Å²) >= 11 is 0. The van der Waals surface area contributed by atoms with Gasteiger partial charge in [0.25, 0.3) is 0 Å². The summed E-state index contributed by atoms with van der Waals surface area (Å²) in [7, 11) is 0. The van der Waals surface area contributed by atoms with Crippen molar-refractivity contribution in [2.45, 2.75) is 0 Å². The normalized spacial score (nSPS) is 13.2. The van der Waals surface area contributed by atoms with Crippen LogP contribution in [0.4, 0.5) is 0 Å². The maximum Gasteiger partial charge on any atom is 0.360 e. The van der Waals surface area contributed by atoms with Gasteiger partial charge in [-0.3, -0.25) is 0 Å². The molecule has 2 heterocycles. The Balaban J connectivity index is 2.37. The molecule has 0 amide bonds. The van der Waals surface area contributed by atoms with Crippen molar-refractivity contribution in [2.24, 2.45) is 20.6 Å². The van der Waals surface area contributed by atoms with Gasteiger partial charge in [-0.05, 0) is 20.9 Å². The van der Waals surface area contributed by atoms with Crippen LogP contribution in [0, 0.1) is 20.2 Å². The zero-order chi connectivity index (χ0) is 14.5. The topological polar surface area (TPSA) is 229 Å². The molecule has 0 fully saturated rings. The van der Waals surface area contributed by atoms with Gasteiger partial charge in [0.1, 0.15) is 10.2 Å². The lowest BCUT2D eigenvalue weighted by Gasteiger charge is -1.87. The van der Waals surface area contributed by atoms with Crippen LogP contribution in [-0.2, 0) is 0 Å². The molecular weight excluding hydrogens is 284 g/mol. The molecular formula is C2H2N14O4. The standard InChI is InChI=1S/C2H2N14O4/c17-15(18)5-1-3-7-9-13(1)11-12-14-2(4-8-10-14)6-16(19)20/h(H,3,5,9)(H,4,6,10)/b12-11+. The molecule has 18 heteroatoms. The van der Waals surface area contributed by atoms with Crippen molar-refractivity contribution in [1.29, 1.82) is 0 Å². The van der Waals surface area contributed by atoms with Gasteiger partial charge in [-0.25, -0.2) is 20.2 Å². The first-order valence-electron chi connectivity index (χ1n) is 4.37. The van der Waals surface area contributed by atoms with E-state index in [1.54, 1.807) is 0 Å². The Morgan fingerprint density at radius 1 is 0.900 bits per heavy atom. The van der Waals surface area contributed by atoms with Crippen LogP contribution in [0.1, 0.15) is 0 Å². The Bertz CT molecular complexity index is 714. The number of hydrogen-bond acceptors (Lipinski definition) is 10. The van der Waals surface area contributed by atoms with Gasteiger partial charge < -0.3 is 0 Å². The quantitative estimate of drug-likeness (QED) is 0.322. The van der Waals surface area contributed by atoms with Crippen LogP contribution in [-0.4, -0.2) is 50.7 Å². The SMILES string of the molecule is O=[N+]([O-])/N=c1\nn[nH]n1/N=N/n1[nH]nn/c1=N\[N+](=O)[O-]. The fourth-order valence-electron chi connectivity index (χ4n) is 0.864. The first-order valence-corrected chi connectivity index (χ1v) is 4.37. The lowest BCUT2D eigenvalue weighted by Crippen LogP contribution is -2.21. The number of H-pyrrole nitrogens is 2. The van der Waals surface area contributed by atoms with Gasteiger partial charge in [-0.2, -0.15) is 10.4 Å². The molecule has 0 atom stereocenters. The number of nitro groups is 2. The predicted octanol–water partition coefficient (Wildman–Crippen LogP) is -3.61. The first kappa shape index (κ1) is 12.6. The molecule has 2 aromatic rings. The molecule has 104 valence electrons. The molecule has 2 aromatic heterocycles. The second kappa shape index (κ2) is 5.19. The van der Waals surface area contributed by atoms with Crippen molar-refractivity contribution < 1.29 is 10.1 Å². The summed E-state index contributed by atoms with van der Waals surface area (Å²) in [5, 5.41) is 47.8. The van der Waals surface area contributed by atoms with Crippen molar-refractivity contribution in [3.8, 4) is 0 Å². The molecule has 0 unspecified atom stereocenters. The van der Waals surface area contributed by atoms with Crippen molar-refractivity contribution in [2.75, 3.05) is 0 Å². The van der Waals surface area contributed by atoms with Crippen LogP contribution in [0.2, 0.25) is 0 Å². The second-order valence-corrected chi connectivity index (χ2v) is 2.68. The van der Waals surface area contributed by atoms with E-state index >= 15 is 0 Å². The smallest absolute Gasteiger partial charge is 0.233 e. The zero-order valence-electron chi connectivity index (χ0n) is 9.00. The third-order valence-electron chi connectivity index (χ3n) is 1.50. The Morgan fingerprint density at radius 2 is 1.30 bits per heavy atom. The lowest BCUT2D eigenvalue weighted by atomic mass is 11.2. The maximum atomic E-state index is 10.2. The van der Waals surface area contributed by atoms with Gasteiger partial charge in [-0.1, -0.05) is 19.8 Å². The number of nitrogens with one attached hydrogen (secondary N) is 2. The van der Waals surface area contributed by atoms with E-state index in [9.17, 15) is 20.2 Å². The Hall–Kier alpha value is -3.86. The molecule has 0 saturated heterocycles. The highest BCUT2D eigenvalue weighted by molar-refractivity contribution is 4.46. The average molecular weight is 286 g/mol. The molecule has 2 N–H and O–H groups in total. The van der Waals surface area contributed by atoms with Gasteiger partial charge in [-0.15, -0.1) is 0 Å². The molecule has 0 bridgehead atoms. The fourth-order valence-corrected chi connectivity index (χ4v) is 0.864. The van der Waals surface area contributed by atoms with Crippen LogP contribution < -0.4 is 11.2 Å². The molecule has 0 spiro atoms. The van der Waals surface area contributed by atoms with Crippen LogP contribution in [0.5, 0.6) is 0 Å². The Morgan fingerprint density at radius 3 is 1.65 bits per heavy atom. The van der Waals surface area contributed by atoms with Crippen LogP contribution in [0.15, 0.2) is 20.6 Å². The summed E-state index contributed by atoms with van der Waals surface area (Å²) in [6, 6.07) is 0. The summed E-state index contributed by atoms with van der Waals surface area (Å²) in [5.74, 6) is 0.